The zero-order valence-corrected chi connectivity index (χ0v) is 11.6. The second-order valence-electron chi connectivity index (χ2n) is 4.83. The molecule has 0 saturated carbocycles. The molecule has 0 fully saturated rings. The predicted molar refractivity (Wildman–Crippen MR) is 84.9 cm³/mol. The molecule has 1 N–H and O–H groups in total. The molecular weight excluding hydrogens is 260 g/mol. The number of allylic oxidation sites excluding steroid dienone is 2. The minimum absolute atomic E-state index is 0.472. The summed E-state index contributed by atoms with van der Waals surface area (Å²) < 4.78 is 0. The first kappa shape index (κ1) is 13.5. The van der Waals surface area contributed by atoms with Crippen LogP contribution in [-0.4, -0.2) is 21.9 Å². The van der Waals surface area contributed by atoms with Gasteiger partial charge in [-0.15, -0.1) is 0 Å². The van der Waals surface area contributed by atoms with E-state index in [9.17, 15) is 5.11 Å². The Morgan fingerprint density at radius 3 is 2.62 bits per heavy atom. The average Bonchev–Trinajstić information content (AvgIpc) is 2.56. The van der Waals surface area contributed by atoms with Crippen LogP contribution in [0.15, 0.2) is 77.9 Å². The molecule has 1 aliphatic carbocycles. The van der Waals surface area contributed by atoms with Gasteiger partial charge in [-0.05, 0) is 35.4 Å². The van der Waals surface area contributed by atoms with Gasteiger partial charge in [0.15, 0.2) is 0 Å². The molecule has 1 atom stereocenters. The molecule has 0 spiro atoms. The summed E-state index contributed by atoms with van der Waals surface area (Å²) >= 11 is 0. The van der Waals surface area contributed by atoms with Crippen molar-refractivity contribution in [3.05, 3.63) is 84.2 Å². The Labute approximate surface area is 124 Å². The van der Waals surface area contributed by atoms with E-state index in [1.807, 2.05) is 60.7 Å². The third-order valence-electron chi connectivity index (χ3n) is 3.32. The SMILES string of the molecule is OC1C=CC(c2ccccc2)=C/C1=N\Cc1ccccn1. The highest BCUT2D eigenvalue weighted by Crippen LogP contribution is 2.20. The monoisotopic (exact) mass is 276 g/mol. The lowest BCUT2D eigenvalue weighted by Gasteiger charge is -2.14. The Hall–Kier alpha value is -2.52. The van der Waals surface area contributed by atoms with Crippen molar-refractivity contribution in [1.29, 1.82) is 0 Å². The van der Waals surface area contributed by atoms with Gasteiger partial charge in [0, 0.05) is 6.20 Å². The maximum atomic E-state index is 10.0. The van der Waals surface area contributed by atoms with Crippen LogP contribution in [0.5, 0.6) is 0 Å². The molecule has 1 unspecified atom stereocenters. The Kier molecular flexibility index (Phi) is 4.03. The maximum Gasteiger partial charge on any atom is 0.114 e. The molecule has 0 saturated heterocycles. The van der Waals surface area contributed by atoms with Crippen LogP contribution in [0.1, 0.15) is 11.3 Å². The van der Waals surface area contributed by atoms with E-state index in [-0.39, 0.29) is 0 Å². The van der Waals surface area contributed by atoms with Gasteiger partial charge in [-0.2, -0.15) is 0 Å². The highest BCUT2D eigenvalue weighted by molar-refractivity contribution is 6.08. The fourth-order valence-corrected chi connectivity index (χ4v) is 2.20. The lowest BCUT2D eigenvalue weighted by atomic mass is 9.97. The molecule has 1 aromatic heterocycles. The predicted octanol–water partition coefficient (Wildman–Crippen LogP) is 3.04. The zero-order chi connectivity index (χ0) is 14.5. The fraction of sp³-hybridized carbons (Fsp3) is 0.111. The molecule has 1 aliphatic rings. The molecule has 3 nitrogen and oxygen atoms in total. The van der Waals surface area contributed by atoms with Crippen LogP contribution in [0.3, 0.4) is 0 Å². The van der Waals surface area contributed by atoms with Gasteiger partial charge in [-0.3, -0.25) is 9.98 Å². The van der Waals surface area contributed by atoms with Crippen molar-refractivity contribution in [2.75, 3.05) is 0 Å². The Balaban J connectivity index is 1.84. The van der Waals surface area contributed by atoms with Crippen LogP contribution in [0.2, 0.25) is 0 Å². The smallest absolute Gasteiger partial charge is 0.114 e. The Morgan fingerprint density at radius 1 is 1.05 bits per heavy atom. The van der Waals surface area contributed by atoms with Gasteiger partial charge in [-0.25, -0.2) is 0 Å². The number of aliphatic imine (C=N–C) groups is 1. The van der Waals surface area contributed by atoms with E-state index in [4.69, 9.17) is 0 Å². The summed E-state index contributed by atoms with van der Waals surface area (Å²) in [5.41, 5.74) is 3.73. The third kappa shape index (κ3) is 3.33. The summed E-state index contributed by atoms with van der Waals surface area (Å²) in [6.45, 7) is 0.472. The summed E-state index contributed by atoms with van der Waals surface area (Å²) in [5.74, 6) is 0. The van der Waals surface area contributed by atoms with E-state index in [2.05, 4.69) is 9.98 Å². The Bertz CT molecular complexity index is 688. The average molecular weight is 276 g/mol. The number of aromatic nitrogens is 1. The van der Waals surface area contributed by atoms with Gasteiger partial charge in [0.25, 0.3) is 0 Å². The van der Waals surface area contributed by atoms with E-state index >= 15 is 0 Å². The number of aliphatic hydroxyl groups excluding tert-OH is 1. The van der Waals surface area contributed by atoms with Gasteiger partial charge >= 0.3 is 0 Å². The standard InChI is InChI=1S/C18H16N2O/c21-18-10-9-15(14-6-2-1-3-7-14)12-17(18)20-13-16-8-4-5-11-19-16/h1-12,18,21H,13H2/b20-17+. The van der Waals surface area contributed by atoms with Crippen molar-refractivity contribution in [3.8, 4) is 0 Å². The van der Waals surface area contributed by atoms with Crippen molar-refractivity contribution in [2.24, 2.45) is 4.99 Å². The van der Waals surface area contributed by atoms with Crippen molar-refractivity contribution >= 4 is 11.3 Å². The number of benzene rings is 1. The van der Waals surface area contributed by atoms with Crippen LogP contribution < -0.4 is 0 Å². The van der Waals surface area contributed by atoms with E-state index in [0.717, 1.165) is 16.8 Å². The minimum Gasteiger partial charge on any atom is -0.383 e. The zero-order valence-electron chi connectivity index (χ0n) is 11.6. The van der Waals surface area contributed by atoms with Gasteiger partial charge in [0.05, 0.1) is 18.0 Å². The topological polar surface area (TPSA) is 45.5 Å². The molecular formula is C18H16N2O. The van der Waals surface area contributed by atoms with Crippen molar-refractivity contribution < 1.29 is 5.11 Å². The molecule has 21 heavy (non-hydrogen) atoms. The number of hydrogen-bond donors (Lipinski definition) is 1. The van der Waals surface area contributed by atoms with Crippen molar-refractivity contribution in [2.45, 2.75) is 12.6 Å². The van der Waals surface area contributed by atoms with Gasteiger partial charge < -0.3 is 5.11 Å². The minimum atomic E-state index is -0.652. The molecule has 104 valence electrons. The first-order valence-electron chi connectivity index (χ1n) is 6.90. The largest absolute Gasteiger partial charge is 0.383 e. The number of rotatable bonds is 3. The second-order valence-corrected chi connectivity index (χ2v) is 4.83. The molecule has 0 radical (unpaired) electrons. The summed E-state index contributed by atoms with van der Waals surface area (Å²) in [5, 5.41) is 10.0. The van der Waals surface area contributed by atoms with Gasteiger partial charge in [0.2, 0.25) is 0 Å². The van der Waals surface area contributed by atoms with Crippen molar-refractivity contribution in [1.82, 2.24) is 4.98 Å². The highest BCUT2D eigenvalue weighted by atomic mass is 16.3. The van der Waals surface area contributed by atoms with Crippen LogP contribution in [0.25, 0.3) is 5.57 Å². The summed E-state index contributed by atoms with van der Waals surface area (Å²) in [6.07, 6.45) is 6.72. The van der Waals surface area contributed by atoms with Crippen LogP contribution >= 0.6 is 0 Å². The van der Waals surface area contributed by atoms with Crippen molar-refractivity contribution in [3.63, 3.8) is 0 Å². The molecule has 0 aliphatic heterocycles. The maximum absolute atomic E-state index is 10.0. The number of aliphatic hydroxyl groups is 1. The molecule has 0 bridgehead atoms. The van der Waals surface area contributed by atoms with E-state index in [1.54, 1.807) is 12.3 Å². The molecule has 2 aromatic rings. The molecule has 1 aromatic carbocycles. The quantitative estimate of drug-likeness (QED) is 0.936. The van der Waals surface area contributed by atoms with Crippen LogP contribution in [0.4, 0.5) is 0 Å². The van der Waals surface area contributed by atoms with E-state index in [0.29, 0.717) is 12.3 Å². The normalized spacial score (nSPS) is 19.6. The fourth-order valence-electron chi connectivity index (χ4n) is 2.20. The summed E-state index contributed by atoms with van der Waals surface area (Å²) in [7, 11) is 0. The van der Waals surface area contributed by atoms with E-state index < -0.39 is 6.10 Å². The summed E-state index contributed by atoms with van der Waals surface area (Å²) in [6, 6.07) is 15.8. The first-order chi connectivity index (χ1) is 10.3. The first-order valence-corrected chi connectivity index (χ1v) is 6.90. The highest BCUT2D eigenvalue weighted by Gasteiger charge is 2.13. The van der Waals surface area contributed by atoms with Gasteiger partial charge in [-0.1, -0.05) is 42.5 Å². The lowest BCUT2D eigenvalue weighted by Crippen LogP contribution is -2.19. The lowest BCUT2D eigenvalue weighted by molar-refractivity contribution is 0.289. The molecule has 3 rings (SSSR count). The number of hydrogen-bond acceptors (Lipinski definition) is 3. The van der Waals surface area contributed by atoms with Crippen LogP contribution in [0, 0.1) is 0 Å². The third-order valence-corrected chi connectivity index (χ3v) is 3.32. The Morgan fingerprint density at radius 2 is 1.86 bits per heavy atom. The molecule has 0 amide bonds. The second kappa shape index (κ2) is 6.29. The number of nitrogens with zero attached hydrogens (tertiary/aromatic N) is 2. The molecule has 1 heterocycles. The number of pyridine rings is 1. The van der Waals surface area contributed by atoms with Crippen LogP contribution in [-0.2, 0) is 6.54 Å². The van der Waals surface area contributed by atoms with Gasteiger partial charge in [0.1, 0.15) is 6.10 Å². The summed E-state index contributed by atoms with van der Waals surface area (Å²) in [4.78, 5) is 8.72. The molecule has 3 heteroatoms. The van der Waals surface area contributed by atoms with E-state index in [1.165, 1.54) is 0 Å².